The molecule has 0 saturated carbocycles. The summed E-state index contributed by atoms with van der Waals surface area (Å²) in [7, 11) is 0. The summed E-state index contributed by atoms with van der Waals surface area (Å²) in [6, 6.07) is 5.21. The lowest BCUT2D eigenvalue weighted by Crippen LogP contribution is -1.88. The maximum Gasteiger partial charge on any atom is 0.189 e. The van der Waals surface area contributed by atoms with Gasteiger partial charge in [-0.15, -0.1) is 0 Å². The van der Waals surface area contributed by atoms with Crippen molar-refractivity contribution in [1.82, 2.24) is 4.98 Å². The maximum absolute atomic E-state index is 5.86. The molecule has 1 aromatic carbocycles. The predicted octanol–water partition coefficient (Wildman–Crippen LogP) is 3.78. The van der Waals surface area contributed by atoms with E-state index in [1.54, 1.807) is 24.4 Å². The fourth-order valence-corrected chi connectivity index (χ4v) is 2.22. The molecule has 0 fully saturated rings. The Balaban J connectivity index is 2.24. The van der Waals surface area contributed by atoms with Crippen molar-refractivity contribution in [3.63, 3.8) is 0 Å². The maximum atomic E-state index is 5.86. The molecule has 0 amide bonds. The number of hydrogen-bond donors (Lipinski definition) is 2. The van der Waals surface area contributed by atoms with E-state index in [9.17, 15) is 0 Å². The minimum Gasteiger partial charge on any atom is -0.389 e. The van der Waals surface area contributed by atoms with Crippen LogP contribution in [0.25, 0.3) is 0 Å². The average molecular weight is 260 g/mol. The molecule has 0 aliphatic carbocycles. The number of aromatic nitrogens is 1. The number of nitrogens with two attached hydrogens (primary N) is 1. The van der Waals surface area contributed by atoms with Gasteiger partial charge in [-0.2, -0.15) is 0 Å². The van der Waals surface area contributed by atoms with Crippen LogP contribution >= 0.6 is 34.5 Å². The van der Waals surface area contributed by atoms with Gasteiger partial charge in [0.15, 0.2) is 5.13 Å². The standard InChI is InChI=1S/C9H7Cl2N3S/c10-5-1-6(11)3-7(2-5)14-9-13-4-8(12)15-9/h1-4H,12H2,(H,13,14). The number of rotatable bonds is 2. The van der Waals surface area contributed by atoms with Crippen molar-refractivity contribution in [2.75, 3.05) is 11.1 Å². The molecule has 0 radical (unpaired) electrons. The van der Waals surface area contributed by atoms with Crippen LogP contribution < -0.4 is 11.1 Å². The molecule has 2 rings (SSSR count). The Morgan fingerprint density at radius 2 is 1.87 bits per heavy atom. The van der Waals surface area contributed by atoms with Crippen molar-refractivity contribution >= 4 is 50.4 Å². The summed E-state index contributed by atoms with van der Waals surface area (Å²) in [4.78, 5) is 4.07. The molecular weight excluding hydrogens is 253 g/mol. The number of nitrogens with one attached hydrogen (secondary N) is 1. The molecule has 0 aliphatic heterocycles. The topological polar surface area (TPSA) is 50.9 Å². The first kappa shape index (κ1) is 10.5. The first-order chi connectivity index (χ1) is 7.13. The van der Waals surface area contributed by atoms with E-state index in [1.165, 1.54) is 11.3 Å². The van der Waals surface area contributed by atoms with Gasteiger partial charge in [0.05, 0.1) is 6.20 Å². The fraction of sp³-hybridized carbons (Fsp3) is 0. The van der Waals surface area contributed by atoms with Gasteiger partial charge >= 0.3 is 0 Å². The van der Waals surface area contributed by atoms with Crippen molar-refractivity contribution in [3.05, 3.63) is 34.4 Å². The molecule has 6 heteroatoms. The van der Waals surface area contributed by atoms with Gasteiger partial charge in [-0.3, -0.25) is 0 Å². The van der Waals surface area contributed by atoms with Crippen LogP contribution in [0, 0.1) is 0 Å². The van der Waals surface area contributed by atoms with Gasteiger partial charge in [0.25, 0.3) is 0 Å². The summed E-state index contributed by atoms with van der Waals surface area (Å²) >= 11 is 13.1. The highest BCUT2D eigenvalue weighted by molar-refractivity contribution is 7.19. The van der Waals surface area contributed by atoms with Crippen molar-refractivity contribution in [2.24, 2.45) is 0 Å². The predicted molar refractivity (Wildman–Crippen MR) is 66.3 cm³/mol. The van der Waals surface area contributed by atoms with E-state index in [4.69, 9.17) is 28.9 Å². The highest BCUT2D eigenvalue weighted by Gasteiger charge is 2.01. The Kier molecular flexibility index (Phi) is 3.00. The van der Waals surface area contributed by atoms with E-state index in [0.29, 0.717) is 20.2 Å². The minimum atomic E-state index is 0.578. The van der Waals surface area contributed by atoms with E-state index in [2.05, 4.69) is 10.3 Å². The highest BCUT2D eigenvalue weighted by atomic mass is 35.5. The molecule has 0 bridgehead atoms. The number of anilines is 3. The number of halogens is 2. The Bertz CT molecular complexity index is 464. The van der Waals surface area contributed by atoms with Crippen LogP contribution in [0.5, 0.6) is 0 Å². The van der Waals surface area contributed by atoms with Crippen molar-refractivity contribution in [1.29, 1.82) is 0 Å². The average Bonchev–Trinajstić information content (AvgIpc) is 2.49. The first-order valence-corrected chi connectivity index (χ1v) is 5.65. The Hall–Kier alpha value is -0.970. The summed E-state index contributed by atoms with van der Waals surface area (Å²) in [5, 5.41) is 5.59. The SMILES string of the molecule is Nc1cnc(Nc2cc(Cl)cc(Cl)c2)s1. The van der Waals surface area contributed by atoms with Gasteiger partial charge in [0.1, 0.15) is 5.00 Å². The largest absolute Gasteiger partial charge is 0.389 e. The highest BCUT2D eigenvalue weighted by Crippen LogP contribution is 2.27. The lowest BCUT2D eigenvalue weighted by atomic mass is 10.3. The minimum absolute atomic E-state index is 0.578. The van der Waals surface area contributed by atoms with Crippen molar-refractivity contribution in [2.45, 2.75) is 0 Å². The molecule has 0 saturated heterocycles. The lowest BCUT2D eigenvalue weighted by Gasteiger charge is -2.03. The van der Waals surface area contributed by atoms with Gasteiger partial charge < -0.3 is 11.1 Å². The molecular formula is C9H7Cl2N3S. The third kappa shape index (κ3) is 2.75. The zero-order valence-electron chi connectivity index (χ0n) is 7.50. The van der Waals surface area contributed by atoms with Crippen LogP contribution in [-0.2, 0) is 0 Å². The van der Waals surface area contributed by atoms with Gasteiger partial charge in [-0.05, 0) is 18.2 Å². The number of benzene rings is 1. The number of hydrogen-bond acceptors (Lipinski definition) is 4. The van der Waals surface area contributed by atoms with Crippen LogP contribution in [-0.4, -0.2) is 4.98 Å². The quantitative estimate of drug-likeness (QED) is 0.863. The second-order valence-corrected chi connectivity index (χ2v) is 4.79. The van der Waals surface area contributed by atoms with Gasteiger partial charge in [-0.1, -0.05) is 34.5 Å². The number of nitrogens with zero attached hydrogens (tertiary/aromatic N) is 1. The van der Waals surface area contributed by atoms with Crippen LogP contribution in [0.4, 0.5) is 15.8 Å². The van der Waals surface area contributed by atoms with Crippen LogP contribution in [0.3, 0.4) is 0 Å². The van der Waals surface area contributed by atoms with Gasteiger partial charge in [0, 0.05) is 15.7 Å². The normalized spacial score (nSPS) is 10.3. The lowest BCUT2D eigenvalue weighted by molar-refractivity contribution is 1.39. The van der Waals surface area contributed by atoms with E-state index in [1.807, 2.05) is 0 Å². The summed E-state index contributed by atoms with van der Waals surface area (Å²) < 4.78 is 0. The molecule has 1 aromatic heterocycles. The molecule has 15 heavy (non-hydrogen) atoms. The summed E-state index contributed by atoms with van der Waals surface area (Å²) in [5.74, 6) is 0. The van der Waals surface area contributed by atoms with E-state index in [0.717, 1.165) is 5.69 Å². The Morgan fingerprint density at radius 1 is 1.20 bits per heavy atom. The third-order valence-corrected chi connectivity index (χ3v) is 2.82. The molecule has 2 aromatic rings. The first-order valence-electron chi connectivity index (χ1n) is 4.08. The van der Waals surface area contributed by atoms with E-state index < -0.39 is 0 Å². The molecule has 0 aliphatic rings. The van der Waals surface area contributed by atoms with Crippen molar-refractivity contribution < 1.29 is 0 Å². The number of thiazole rings is 1. The van der Waals surface area contributed by atoms with E-state index >= 15 is 0 Å². The molecule has 0 spiro atoms. The molecule has 1 heterocycles. The summed E-state index contributed by atoms with van der Waals surface area (Å²) in [5.41, 5.74) is 6.35. The monoisotopic (exact) mass is 259 g/mol. The Labute approximate surface area is 101 Å². The fourth-order valence-electron chi connectivity index (χ4n) is 1.09. The molecule has 78 valence electrons. The summed E-state index contributed by atoms with van der Waals surface area (Å²) in [6.45, 7) is 0. The third-order valence-electron chi connectivity index (χ3n) is 1.64. The smallest absolute Gasteiger partial charge is 0.189 e. The molecule has 0 atom stereocenters. The molecule has 3 N–H and O–H groups in total. The van der Waals surface area contributed by atoms with Crippen molar-refractivity contribution in [3.8, 4) is 0 Å². The van der Waals surface area contributed by atoms with Crippen LogP contribution in [0.1, 0.15) is 0 Å². The number of nitrogen functional groups attached to an aromatic ring is 1. The molecule has 3 nitrogen and oxygen atoms in total. The summed E-state index contributed by atoms with van der Waals surface area (Å²) in [6.07, 6.45) is 1.60. The second-order valence-electron chi connectivity index (χ2n) is 2.85. The van der Waals surface area contributed by atoms with Crippen LogP contribution in [0.15, 0.2) is 24.4 Å². The van der Waals surface area contributed by atoms with Gasteiger partial charge in [-0.25, -0.2) is 4.98 Å². The Morgan fingerprint density at radius 3 is 2.40 bits per heavy atom. The zero-order valence-corrected chi connectivity index (χ0v) is 9.83. The second kappa shape index (κ2) is 4.26. The zero-order chi connectivity index (χ0) is 10.8. The van der Waals surface area contributed by atoms with E-state index in [-0.39, 0.29) is 0 Å². The molecule has 0 unspecified atom stereocenters. The van der Waals surface area contributed by atoms with Crippen LogP contribution in [0.2, 0.25) is 10.0 Å². The van der Waals surface area contributed by atoms with Gasteiger partial charge in [0.2, 0.25) is 0 Å².